The molecule has 1 aromatic heterocycles. The Labute approximate surface area is 192 Å². The van der Waals surface area contributed by atoms with Gasteiger partial charge in [0, 0.05) is 46.0 Å². The number of ether oxygens (including phenoxy) is 1. The Balaban J connectivity index is 0.00000420. The highest BCUT2D eigenvalue weighted by Crippen LogP contribution is 2.18. The summed E-state index contributed by atoms with van der Waals surface area (Å²) in [5.41, 5.74) is 3.66. The topological polar surface area (TPSA) is 54.7 Å². The van der Waals surface area contributed by atoms with Crippen LogP contribution >= 0.6 is 24.0 Å². The maximum atomic E-state index is 5.70. The van der Waals surface area contributed by atoms with Gasteiger partial charge in [-0.2, -0.15) is 5.10 Å². The number of benzene rings is 1. The van der Waals surface area contributed by atoms with E-state index in [9.17, 15) is 0 Å². The molecule has 0 aliphatic heterocycles. The molecule has 29 heavy (non-hydrogen) atoms. The van der Waals surface area contributed by atoms with Crippen LogP contribution in [0.1, 0.15) is 50.4 Å². The summed E-state index contributed by atoms with van der Waals surface area (Å²) in [6.45, 7) is 10.0. The molecule has 2 rings (SSSR count). The highest BCUT2D eigenvalue weighted by Gasteiger charge is 2.15. The van der Waals surface area contributed by atoms with E-state index in [1.54, 1.807) is 0 Å². The minimum absolute atomic E-state index is 0. The summed E-state index contributed by atoms with van der Waals surface area (Å²) in [5.74, 6) is 2.21. The van der Waals surface area contributed by atoms with Crippen molar-refractivity contribution >= 4 is 29.9 Å². The number of nitrogens with zero attached hydrogens (tertiary/aromatic N) is 4. The number of rotatable bonds is 8. The molecular formula is C22H36IN5O. The molecule has 0 aliphatic carbocycles. The first-order chi connectivity index (χ1) is 13.3. The Morgan fingerprint density at radius 1 is 1.21 bits per heavy atom. The van der Waals surface area contributed by atoms with Gasteiger partial charge in [-0.25, -0.2) is 0 Å². The Hall–Kier alpha value is -1.77. The summed E-state index contributed by atoms with van der Waals surface area (Å²) < 4.78 is 7.59. The molecule has 1 N–H and O–H groups in total. The van der Waals surface area contributed by atoms with E-state index in [0.717, 1.165) is 36.9 Å². The van der Waals surface area contributed by atoms with Crippen LogP contribution in [0.2, 0.25) is 0 Å². The van der Waals surface area contributed by atoms with Gasteiger partial charge in [0.25, 0.3) is 0 Å². The van der Waals surface area contributed by atoms with E-state index in [4.69, 9.17) is 4.74 Å². The highest BCUT2D eigenvalue weighted by molar-refractivity contribution is 14.0. The fraction of sp³-hybridized carbons (Fsp3) is 0.545. The second-order valence-corrected chi connectivity index (χ2v) is 7.76. The molecule has 6 nitrogen and oxygen atoms in total. The lowest BCUT2D eigenvalue weighted by molar-refractivity contribution is 0.242. The number of aryl methyl sites for hydroxylation is 1. The van der Waals surface area contributed by atoms with E-state index in [2.05, 4.69) is 59.5 Å². The minimum Gasteiger partial charge on any atom is -0.491 e. The molecule has 0 saturated carbocycles. The van der Waals surface area contributed by atoms with Crippen molar-refractivity contribution in [2.45, 2.75) is 52.7 Å². The molecule has 0 aliphatic rings. The van der Waals surface area contributed by atoms with Crippen molar-refractivity contribution in [2.75, 3.05) is 20.6 Å². The van der Waals surface area contributed by atoms with Crippen molar-refractivity contribution in [3.05, 3.63) is 47.3 Å². The Bertz CT molecular complexity index is 768. The standard InChI is InChI=1S/C22H35N5O.HI/c1-16(2)21-19(15-27(7)25-21)14-26(6)22(23-5)24-13-12-18-8-10-20(11-9-18)28-17(3)4;/h8-11,15-17H,12-14H2,1-7H3,(H,23,24);1H. The van der Waals surface area contributed by atoms with Crippen molar-refractivity contribution in [1.82, 2.24) is 20.0 Å². The zero-order valence-electron chi connectivity index (χ0n) is 18.8. The summed E-state index contributed by atoms with van der Waals surface area (Å²) >= 11 is 0. The molecule has 0 spiro atoms. The average molecular weight is 513 g/mol. The summed E-state index contributed by atoms with van der Waals surface area (Å²) in [6, 6.07) is 8.31. The maximum Gasteiger partial charge on any atom is 0.193 e. The van der Waals surface area contributed by atoms with Gasteiger partial charge >= 0.3 is 0 Å². The van der Waals surface area contributed by atoms with Crippen LogP contribution in [0.5, 0.6) is 5.75 Å². The van der Waals surface area contributed by atoms with Gasteiger partial charge in [0.05, 0.1) is 11.8 Å². The zero-order chi connectivity index (χ0) is 20.7. The van der Waals surface area contributed by atoms with Gasteiger partial charge in [-0.1, -0.05) is 26.0 Å². The molecule has 1 heterocycles. The van der Waals surface area contributed by atoms with E-state index in [1.165, 1.54) is 11.1 Å². The third kappa shape index (κ3) is 7.87. The van der Waals surface area contributed by atoms with E-state index >= 15 is 0 Å². The van der Waals surface area contributed by atoms with Crippen molar-refractivity contribution in [3.8, 4) is 5.75 Å². The molecule has 1 aromatic carbocycles. The molecule has 2 aromatic rings. The first-order valence-corrected chi connectivity index (χ1v) is 10.00. The van der Waals surface area contributed by atoms with Crippen molar-refractivity contribution in [2.24, 2.45) is 12.0 Å². The van der Waals surface area contributed by atoms with Crippen molar-refractivity contribution in [1.29, 1.82) is 0 Å². The summed E-state index contributed by atoms with van der Waals surface area (Å²) in [6.07, 6.45) is 3.22. The fourth-order valence-corrected chi connectivity index (χ4v) is 3.20. The first kappa shape index (κ1) is 25.3. The molecule has 0 unspecified atom stereocenters. The van der Waals surface area contributed by atoms with Crippen molar-refractivity contribution < 1.29 is 4.74 Å². The van der Waals surface area contributed by atoms with Gasteiger partial charge in [-0.05, 0) is 43.9 Å². The van der Waals surface area contributed by atoms with E-state index < -0.39 is 0 Å². The van der Waals surface area contributed by atoms with Gasteiger partial charge in [0.15, 0.2) is 5.96 Å². The molecular weight excluding hydrogens is 477 g/mol. The van der Waals surface area contributed by atoms with E-state index in [0.29, 0.717) is 5.92 Å². The monoisotopic (exact) mass is 513 g/mol. The van der Waals surface area contributed by atoms with Gasteiger partial charge in [-0.15, -0.1) is 24.0 Å². The molecule has 0 amide bonds. The van der Waals surface area contributed by atoms with Gasteiger partial charge in [-0.3, -0.25) is 9.67 Å². The number of aromatic nitrogens is 2. The van der Waals surface area contributed by atoms with Crippen LogP contribution < -0.4 is 10.1 Å². The number of aliphatic imine (C=N–C) groups is 1. The third-order valence-corrected chi connectivity index (χ3v) is 4.46. The third-order valence-electron chi connectivity index (χ3n) is 4.46. The summed E-state index contributed by atoms with van der Waals surface area (Å²) in [4.78, 5) is 6.57. The van der Waals surface area contributed by atoms with Gasteiger partial charge < -0.3 is 15.0 Å². The molecule has 0 fully saturated rings. The van der Waals surface area contributed by atoms with Crippen molar-refractivity contribution in [3.63, 3.8) is 0 Å². The fourth-order valence-electron chi connectivity index (χ4n) is 3.20. The number of guanidine groups is 1. The van der Waals surface area contributed by atoms with Gasteiger partial charge in [0.2, 0.25) is 0 Å². The Morgan fingerprint density at radius 3 is 2.41 bits per heavy atom. The highest BCUT2D eigenvalue weighted by atomic mass is 127. The Morgan fingerprint density at radius 2 is 1.86 bits per heavy atom. The van der Waals surface area contributed by atoms with Crippen LogP contribution in [0, 0.1) is 0 Å². The van der Waals surface area contributed by atoms with E-state index in [-0.39, 0.29) is 30.1 Å². The van der Waals surface area contributed by atoms with Crippen LogP contribution in [-0.4, -0.2) is 47.4 Å². The predicted molar refractivity (Wildman–Crippen MR) is 131 cm³/mol. The average Bonchev–Trinajstić information content (AvgIpc) is 3.00. The SMILES string of the molecule is CN=C(NCCc1ccc(OC(C)C)cc1)N(C)Cc1cn(C)nc1C(C)C.I. The van der Waals surface area contributed by atoms with Crippen LogP contribution in [0.25, 0.3) is 0 Å². The summed E-state index contributed by atoms with van der Waals surface area (Å²) in [7, 11) is 5.86. The van der Waals surface area contributed by atoms with Crippen LogP contribution in [0.4, 0.5) is 0 Å². The van der Waals surface area contributed by atoms with Crippen LogP contribution in [0.3, 0.4) is 0 Å². The maximum absolute atomic E-state index is 5.70. The Kier molecular flexibility index (Phi) is 10.5. The molecule has 0 atom stereocenters. The molecule has 0 saturated heterocycles. The lowest BCUT2D eigenvalue weighted by atomic mass is 10.1. The summed E-state index contributed by atoms with van der Waals surface area (Å²) in [5, 5.41) is 8.05. The normalized spacial score (nSPS) is 11.6. The molecule has 162 valence electrons. The second-order valence-electron chi connectivity index (χ2n) is 7.76. The molecule has 0 bridgehead atoms. The van der Waals surface area contributed by atoms with Gasteiger partial charge in [0.1, 0.15) is 5.75 Å². The number of hydrogen-bond donors (Lipinski definition) is 1. The van der Waals surface area contributed by atoms with E-state index in [1.807, 2.05) is 44.8 Å². The van der Waals surface area contributed by atoms with Crippen LogP contribution in [-0.2, 0) is 20.0 Å². The number of nitrogens with one attached hydrogen (secondary N) is 1. The lowest BCUT2D eigenvalue weighted by Gasteiger charge is -2.22. The zero-order valence-corrected chi connectivity index (χ0v) is 21.1. The largest absolute Gasteiger partial charge is 0.491 e. The first-order valence-electron chi connectivity index (χ1n) is 10.00. The smallest absolute Gasteiger partial charge is 0.193 e. The number of hydrogen-bond acceptors (Lipinski definition) is 3. The predicted octanol–water partition coefficient (Wildman–Crippen LogP) is 4.20. The second kappa shape index (κ2) is 12.0. The molecule has 7 heteroatoms. The minimum atomic E-state index is 0. The van der Waals surface area contributed by atoms with Crippen LogP contribution in [0.15, 0.2) is 35.5 Å². The molecule has 0 radical (unpaired) electrons. The quantitative estimate of drug-likeness (QED) is 0.327. The number of halogens is 1. The lowest BCUT2D eigenvalue weighted by Crippen LogP contribution is -2.39.